The van der Waals surface area contributed by atoms with Gasteiger partial charge in [0.2, 0.25) is 0 Å². The number of alkyl halides is 1. The van der Waals surface area contributed by atoms with E-state index in [1.54, 1.807) is 11.3 Å². The largest absolute Gasteiger partial charge is 0.309 e. The normalized spacial score (nSPS) is 13.4. The summed E-state index contributed by atoms with van der Waals surface area (Å²) in [6, 6.07) is 0. The van der Waals surface area contributed by atoms with Crippen molar-refractivity contribution in [3.05, 3.63) is 16.6 Å². The van der Waals surface area contributed by atoms with Gasteiger partial charge in [-0.3, -0.25) is 0 Å². The van der Waals surface area contributed by atoms with Crippen molar-refractivity contribution in [3.63, 3.8) is 0 Å². The van der Waals surface area contributed by atoms with Gasteiger partial charge in [-0.05, 0) is 12.3 Å². The molecule has 1 aromatic heterocycles. The lowest BCUT2D eigenvalue weighted by Crippen LogP contribution is -2.23. The van der Waals surface area contributed by atoms with Crippen LogP contribution in [0.4, 0.5) is 0 Å². The molecule has 1 rings (SSSR count). The molecule has 0 saturated carbocycles. The molecule has 4 heteroatoms. The predicted octanol–water partition coefficient (Wildman–Crippen LogP) is 2.89. The molecule has 0 aromatic carbocycles. The minimum absolute atomic E-state index is 0.231. The third-order valence-corrected chi connectivity index (χ3v) is 2.96. The van der Waals surface area contributed by atoms with E-state index >= 15 is 0 Å². The van der Waals surface area contributed by atoms with Gasteiger partial charge in [0.1, 0.15) is 5.01 Å². The van der Waals surface area contributed by atoms with E-state index in [1.165, 1.54) is 0 Å². The molecule has 0 aliphatic rings. The van der Waals surface area contributed by atoms with Crippen molar-refractivity contribution in [1.82, 2.24) is 10.3 Å². The maximum absolute atomic E-state index is 6.14. The van der Waals surface area contributed by atoms with Gasteiger partial charge in [-0.25, -0.2) is 4.98 Å². The van der Waals surface area contributed by atoms with E-state index in [1.807, 2.05) is 11.6 Å². The van der Waals surface area contributed by atoms with Crippen LogP contribution < -0.4 is 5.32 Å². The van der Waals surface area contributed by atoms with Crippen LogP contribution in [0.1, 0.15) is 25.3 Å². The van der Waals surface area contributed by atoms with Crippen molar-refractivity contribution < 1.29 is 0 Å². The molecule has 0 aliphatic heterocycles. The molecule has 1 atom stereocenters. The third-order valence-electron chi connectivity index (χ3n) is 1.85. The molecule has 0 amide bonds. The van der Waals surface area contributed by atoms with Crippen molar-refractivity contribution in [2.75, 3.05) is 6.54 Å². The molecular weight excluding hydrogens is 216 g/mol. The molecule has 1 aromatic rings. The summed E-state index contributed by atoms with van der Waals surface area (Å²) in [6.07, 6.45) is 2.89. The number of nitrogens with one attached hydrogen (secondary N) is 1. The van der Waals surface area contributed by atoms with Gasteiger partial charge in [0.15, 0.2) is 0 Å². The van der Waals surface area contributed by atoms with Crippen molar-refractivity contribution in [1.29, 1.82) is 0 Å². The highest BCUT2D eigenvalue weighted by atomic mass is 35.5. The van der Waals surface area contributed by atoms with Crippen LogP contribution in [0.2, 0.25) is 0 Å². The van der Waals surface area contributed by atoms with E-state index < -0.39 is 0 Å². The number of nitrogens with zero attached hydrogens (tertiary/aromatic N) is 1. The number of rotatable bonds is 6. The summed E-state index contributed by atoms with van der Waals surface area (Å²) >= 11 is 7.81. The quantitative estimate of drug-likeness (QED) is 0.763. The maximum Gasteiger partial charge on any atom is 0.106 e. The molecule has 80 valence electrons. The van der Waals surface area contributed by atoms with Crippen molar-refractivity contribution in [2.24, 2.45) is 5.92 Å². The summed E-state index contributed by atoms with van der Waals surface area (Å²) in [7, 11) is 0. The molecule has 1 unspecified atom stereocenters. The van der Waals surface area contributed by atoms with E-state index in [9.17, 15) is 0 Å². The molecular formula is C10H17ClN2S. The van der Waals surface area contributed by atoms with E-state index in [0.717, 1.165) is 24.5 Å². The van der Waals surface area contributed by atoms with Crippen LogP contribution in [0.15, 0.2) is 11.6 Å². The first kappa shape index (κ1) is 12.0. The summed E-state index contributed by atoms with van der Waals surface area (Å²) in [6.45, 7) is 6.07. The third kappa shape index (κ3) is 4.94. The zero-order chi connectivity index (χ0) is 10.4. The SMILES string of the molecule is CC(C)CC(Cl)CNCc1nccs1. The number of halogens is 1. The Hall–Kier alpha value is -0.120. The van der Waals surface area contributed by atoms with Gasteiger partial charge in [0, 0.05) is 30.0 Å². The lowest BCUT2D eigenvalue weighted by Gasteiger charge is -2.11. The van der Waals surface area contributed by atoms with Crippen LogP contribution >= 0.6 is 22.9 Å². The Morgan fingerprint density at radius 1 is 1.57 bits per heavy atom. The van der Waals surface area contributed by atoms with Crippen LogP contribution in [0.3, 0.4) is 0 Å². The van der Waals surface area contributed by atoms with E-state index in [0.29, 0.717) is 5.92 Å². The summed E-state index contributed by atoms with van der Waals surface area (Å²) < 4.78 is 0. The van der Waals surface area contributed by atoms with Crippen LogP contribution in [-0.2, 0) is 6.54 Å². The summed E-state index contributed by atoms with van der Waals surface area (Å²) in [4.78, 5) is 4.19. The molecule has 0 radical (unpaired) electrons. The number of hydrogen-bond donors (Lipinski definition) is 1. The average Bonchev–Trinajstić information content (AvgIpc) is 2.55. The Balaban J connectivity index is 2.09. The molecule has 0 saturated heterocycles. The minimum atomic E-state index is 0.231. The van der Waals surface area contributed by atoms with Crippen LogP contribution in [-0.4, -0.2) is 16.9 Å². The lowest BCUT2D eigenvalue weighted by atomic mass is 10.1. The standard InChI is InChI=1S/C10H17ClN2S/c1-8(2)5-9(11)6-12-7-10-13-3-4-14-10/h3-4,8-9,12H,5-7H2,1-2H3. The Morgan fingerprint density at radius 3 is 2.93 bits per heavy atom. The summed E-state index contributed by atoms with van der Waals surface area (Å²) in [5, 5.41) is 6.65. The number of thiazole rings is 1. The zero-order valence-corrected chi connectivity index (χ0v) is 10.2. The molecule has 14 heavy (non-hydrogen) atoms. The zero-order valence-electron chi connectivity index (χ0n) is 8.66. The summed E-state index contributed by atoms with van der Waals surface area (Å²) in [5.41, 5.74) is 0. The van der Waals surface area contributed by atoms with Crippen LogP contribution in [0.25, 0.3) is 0 Å². The average molecular weight is 233 g/mol. The lowest BCUT2D eigenvalue weighted by molar-refractivity contribution is 0.533. The van der Waals surface area contributed by atoms with Crippen molar-refractivity contribution in [2.45, 2.75) is 32.2 Å². The fourth-order valence-corrected chi connectivity index (χ4v) is 2.32. The highest BCUT2D eigenvalue weighted by Crippen LogP contribution is 2.10. The van der Waals surface area contributed by atoms with Crippen molar-refractivity contribution >= 4 is 22.9 Å². The van der Waals surface area contributed by atoms with Gasteiger partial charge < -0.3 is 5.32 Å². The van der Waals surface area contributed by atoms with E-state index in [-0.39, 0.29) is 5.38 Å². The van der Waals surface area contributed by atoms with Gasteiger partial charge in [0.05, 0.1) is 0 Å². The maximum atomic E-state index is 6.14. The minimum Gasteiger partial charge on any atom is -0.309 e. The molecule has 0 spiro atoms. The van der Waals surface area contributed by atoms with Gasteiger partial charge in [-0.1, -0.05) is 13.8 Å². The van der Waals surface area contributed by atoms with E-state index in [4.69, 9.17) is 11.6 Å². The molecule has 0 bridgehead atoms. The number of hydrogen-bond acceptors (Lipinski definition) is 3. The highest BCUT2D eigenvalue weighted by Gasteiger charge is 2.06. The first-order valence-corrected chi connectivity index (χ1v) is 6.23. The molecule has 0 aliphatic carbocycles. The van der Waals surface area contributed by atoms with Crippen molar-refractivity contribution in [3.8, 4) is 0 Å². The fourth-order valence-electron chi connectivity index (χ4n) is 1.27. The first-order valence-electron chi connectivity index (χ1n) is 4.91. The van der Waals surface area contributed by atoms with Crippen LogP contribution in [0.5, 0.6) is 0 Å². The second-order valence-corrected chi connectivity index (χ2v) is 5.38. The van der Waals surface area contributed by atoms with E-state index in [2.05, 4.69) is 24.1 Å². The Bertz CT molecular complexity index is 236. The monoisotopic (exact) mass is 232 g/mol. The second-order valence-electron chi connectivity index (χ2n) is 3.78. The van der Waals surface area contributed by atoms with Crippen LogP contribution in [0, 0.1) is 5.92 Å². The first-order chi connectivity index (χ1) is 6.68. The Morgan fingerprint density at radius 2 is 2.36 bits per heavy atom. The molecule has 2 nitrogen and oxygen atoms in total. The number of aromatic nitrogens is 1. The smallest absolute Gasteiger partial charge is 0.106 e. The second kappa shape index (κ2) is 6.38. The Kier molecular flexibility index (Phi) is 5.45. The topological polar surface area (TPSA) is 24.9 Å². The van der Waals surface area contributed by atoms with Gasteiger partial charge in [0.25, 0.3) is 0 Å². The summed E-state index contributed by atoms with van der Waals surface area (Å²) in [5.74, 6) is 0.666. The Labute approximate surface area is 94.7 Å². The molecule has 1 heterocycles. The fraction of sp³-hybridized carbons (Fsp3) is 0.700. The predicted molar refractivity (Wildman–Crippen MR) is 62.9 cm³/mol. The van der Waals surface area contributed by atoms with Gasteiger partial charge >= 0.3 is 0 Å². The molecule has 1 N–H and O–H groups in total. The highest BCUT2D eigenvalue weighted by molar-refractivity contribution is 7.09. The van der Waals surface area contributed by atoms with Gasteiger partial charge in [-0.15, -0.1) is 22.9 Å². The van der Waals surface area contributed by atoms with Gasteiger partial charge in [-0.2, -0.15) is 0 Å². The molecule has 0 fully saturated rings.